The Hall–Kier alpha value is -1.84. The SMILES string of the molecule is CCOC(=O)C1=CN(c2ccc(F)cc2)CCC1. The molecule has 2 rings (SSSR count). The summed E-state index contributed by atoms with van der Waals surface area (Å²) in [6, 6.07) is 6.25. The van der Waals surface area contributed by atoms with Gasteiger partial charge in [-0.05, 0) is 44.0 Å². The summed E-state index contributed by atoms with van der Waals surface area (Å²) in [5.41, 5.74) is 1.56. The maximum absolute atomic E-state index is 12.9. The van der Waals surface area contributed by atoms with E-state index >= 15 is 0 Å². The number of ether oxygens (including phenoxy) is 1. The molecule has 0 saturated carbocycles. The number of benzene rings is 1. The van der Waals surface area contributed by atoms with Crippen molar-refractivity contribution < 1.29 is 13.9 Å². The fourth-order valence-electron chi connectivity index (χ4n) is 1.97. The van der Waals surface area contributed by atoms with Crippen molar-refractivity contribution in [1.82, 2.24) is 0 Å². The third-order valence-corrected chi connectivity index (χ3v) is 2.85. The quantitative estimate of drug-likeness (QED) is 0.771. The number of carbonyl (C=O) groups is 1. The number of anilines is 1. The maximum Gasteiger partial charge on any atom is 0.335 e. The fourth-order valence-corrected chi connectivity index (χ4v) is 1.97. The van der Waals surface area contributed by atoms with Crippen LogP contribution in [0, 0.1) is 5.82 Å². The normalized spacial score (nSPS) is 15.2. The summed E-state index contributed by atoms with van der Waals surface area (Å²) in [6.07, 6.45) is 3.42. The summed E-state index contributed by atoms with van der Waals surface area (Å²) < 4.78 is 17.8. The fraction of sp³-hybridized carbons (Fsp3) is 0.357. The minimum Gasteiger partial charge on any atom is -0.463 e. The number of rotatable bonds is 3. The van der Waals surface area contributed by atoms with E-state index in [1.807, 2.05) is 4.90 Å². The molecule has 1 aliphatic heterocycles. The summed E-state index contributed by atoms with van der Waals surface area (Å²) in [5.74, 6) is -0.519. The van der Waals surface area contributed by atoms with E-state index in [4.69, 9.17) is 4.74 Å². The van der Waals surface area contributed by atoms with Gasteiger partial charge in [0.05, 0.1) is 12.2 Å². The number of hydrogen-bond acceptors (Lipinski definition) is 3. The Labute approximate surface area is 106 Å². The molecule has 0 aliphatic carbocycles. The zero-order valence-corrected chi connectivity index (χ0v) is 10.4. The lowest BCUT2D eigenvalue weighted by Crippen LogP contribution is -2.25. The number of esters is 1. The average Bonchev–Trinajstić information content (AvgIpc) is 2.40. The maximum atomic E-state index is 12.9. The van der Waals surface area contributed by atoms with Crippen molar-refractivity contribution in [3.63, 3.8) is 0 Å². The Morgan fingerprint density at radius 2 is 2.11 bits per heavy atom. The molecule has 1 aromatic carbocycles. The van der Waals surface area contributed by atoms with E-state index < -0.39 is 0 Å². The highest BCUT2D eigenvalue weighted by atomic mass is 19.1. The Balaban J connectivity index is 2.16. The van der Waals surface area contributed by atoms with Crippen LogP contribution in [0.25, 0.3) is 0 Å². The molecule has 0 aromatic heterocycles. The van der Waals surface area contributed by atoms with Gasteiger partial charge < -0.3 is 9.64 Å². The van der Waals surface area contributed by atoms with Gasteiger partial charge >= 0.3 is 5.97 Å². The van der Waals surface area contributed by atoms with Crippen LogP contribution in [0.3, 0.4) is 0 Å². The molecule has 0 bridgehead atoms. The highest BCUT2D eigenvalue weighted by molar-refractivity contribution is 5.89. The molecule has 0 N–H and O–H groups in total. The van der Waals surface area contributed by atoms with E-state index in [2.05, 4.69) is 0 Å². The van der Waals surface area contributed by atoms with Gasteiger partial charge in [-0.3, -0.25) is 0 Å². The first-order chi connectivity index (χ1) is 8.70. The lowest BCUT2D eigenvalue weighted by molar-refractivity contribution is -0.138. The third-order valence-electron chi connectivity index (χ3n) is 2.85. The predicted molar refractivity (Wildman–Crippen MR) is 67.7 cm³/mol. The second kappa shape index (κ2) is 5.67. The number of halogens is 1. The van der Waals surface area contributed by atoms with E-state index in [0.29, 0.717) is 12.2 Å². The summed E-state index contributed by atoms with van der Waals surface area (Å²) in [7, 11) is 0. The second-order valence-electron chi connectivity index (χ2n) is 4.15. The van der Waals surface area contributed by atoms with Crippen molar-refractivity contribution in [3.05, 3.63) is 41.9 Å². The van der Waals surface area contributed by atoms with Crippen LogP contribution in [-0.4, -0.2) is 19.1 Å². The average molecular weight is 249 g/mol. The molecule has 18 heavy (non-hydrogen) atoms. The predicted octanol–water partition coefficient (Wildman–Crippen LogP) is 2.87. The van der Waals surface area contributed by atoms with Crippen LogP contribution in [0.1, 0.15) is 19.8 Å². The van der Waals surface area contributed by atoms with Crippen molar-refractivity contribution >= 4 is 11.7 Å². The Morgan fingerprint density at radius 3 is 2.78 bits per heavy atom. The van der Waals surface area contributed by atoms with Crippen LogP contribution >= 0.6 is 0 Å². The van der Waals surface area contributed by atoms with Gasteiger partial charge in [0, 0.05) is 18.4 Å². The minimum atomic E-state index is -0.260. The monoisotopic (exact) mass is 249 g/mol. The lowest BCUT2D eigenvalue weighted by atomic mass is 10.1. The molecule has 0 amide bonds. The Bertz CT molecular complexity index is 453. The summed E-state index contributed by atoms with van der Waals surface area (Å²) in [5, 5.41) is 0. The highest BCUT2D eigenvalue weighted by Crippen LogP contribution is 2.23. The van der Waals surface area contributed by atoms with Crippen LogP contribution < -0.4 is 4.90 Å². The first-order valence-electron chi connectivity index (χ1n) is 6.10. The van der Waals surface area contributed by atoms with Crippen molar-refractivity contribution in [3.8, 4) is 0 Å². The number of nitrogens with zero attached hydrogens (tertiary/aromatic N) is 1. The molecule has 0 spiro atoms. The van der Waals surface area contributed by atoms with Gasteiger partial charge in [0.25, 0.3) is 0 Å². The standard InChI is InChI=1S/C14H16FNO2/c1-2-18-14(17)11-4-3-9-16(10-11)13-7-5-12(15)6-8-13/h5-8,10H,2-4,9H2,1H3. The topological polar surface area (TPSA) is 29.5 Å². The smallest absolute Gasteiger partial charge is 0.335 e. The molecule has 3 nitrogen and oxygen atoms in total. The zero-order chi connectivity index (χ0) is 13.0. The Morgan fingerprint density at radius 1 is 1.39 bits per heavy atom. The summed E-state index contributed by atoms with van der Waals surface area (Å²) in [6.45, 7) is 3.00. The van der Waals surface area contributed by atoms with Gasteiger partial charge in [0.1, 0.15) is 5.82 Å². The lowest BCUT2D eigenvalue weighted by Gasteiger charge is -2.26. The van der Waals surface area contributed by atoms with Crippen molar-refractivity contribution in [2.75, 3.05) is 18.1 Å². The molecule has 0 unspecified atom stereocenters. The molecule has 0 atom stereocenters. The van der Waals surface area contributed by atoms with Crippen molar-refractivity contribution in [2.45, 2.75) is 19.8 Å². The van der Waals surface area contributed by atoms with Gasteiger partial charge in [-0.25, -0.2) is 9.18 Å². The summed E-state index contributed by atoms with van der Waals surface area (Å²) >= 11 is 0. The number of carbonyl (C=O) groups excluding carboxylic acids is 1. The summed E-state index contributed by atoms with van der Waals surface area (Å²) in [4.78, 5) is 13.6. The van der Waals surface area contributed by atoms with Crippen LogP contribution in [-0.2, 0) is 9.53 Å². The molecule has 96 valence electrons. The van der Waals surface area contributed by atoms with Crippen LogP contribution in [0.15, 0.2) is 36.0 Å². The molecule has 0 fully saturated rings. The van der Waals surface area contributed by atoms with Gasteiger partial charge in [-0.2, -0.15) is 0 Å². The van der Waals surface area contributed by atoms with Gasteiger partial charge in [0.2, 0.25) is 0 Å². The van der Waals surface area contributed by atoms with Gasteiger partial charge in [-0.1, -0.05) is 0 Å². The molecule has 0 radical (unpaired) electrons. The van der Waals surface area contributed by atoms with Crippen LogP contribution in [0.2, 0.25) is 0 Å². The van der Waals surface area contributed by atoms with Crippen molar-refractivity contribution in [1.29, 1.82) is 0 Å². The number of hydrogen-bond donors (Lipinski definition) is 0. The highest BCUT2D eigenvalue weighted by Gasteiger charge is 2.18. The zero-order valence-electron chi connectivity index (χ0n) is 10.4. The first-order valence-corrected chi connectivity index (χ1v) is 6.10. The van der Waals surface area contributed by atoms with Crippen molar-refractivity contribution in [2.24, 2.45) is 0 Å². The van der Waals surface area contributed by atoms with E-state index in [1.54, 1.807) is 25.3 Å². The van der Waals surface area contributed by atoms with E-state index in [1.165, 1.54) is 12.1 Å². The second-order valence-corrected chi connectivity index (χ2v) is 4.15. The molecule has 1 aromatic rings. The molecule has 1 heterocycles. The molecule has 0 saturated heterocycles. The van der Waals surface area contributed by atoms with Crippen LogP contribution in [0.5, 0.6) is 0 Å². The van der Waals surface area contributed by atoms with Crippen LogP contribution in [0.4, 0.5) is 10.1 Å². The minimum absolute atomic E-state index is 0.259. The molecule has 1 aliphatic rings. The first kappa shape index (κ1) is 12.6. The van der Waals surface area contributed by atoms with E-state index in [-0.39, 0.29) is 11.8 Å². The molecular formula is C14H16FNO2. The molecular weight excluding hydrogens is 233 g/mol. The van der Waals surface area contributed by atoms with E-state index in [0.717, 1.165) is 25.1 Å². The largest absolute Gasteiger partial charge is 0.463 e. The Kier molecular flexibility index (Phi) is 3.97. The third kappa shape index (κ3) is 2.88. The molecule has 4 heteroatoms. The van der Waals surface area contributed by atoms with E-state index in [9.17, 15) is 9.18 Å². The van der Waals surface area contributed by atoms with Gasteiger partial charge in [0.15, 0.2) is 0 Å². The van der Waals surface area contributed by atoms with Gasteiger partial charge in [-0.15, -0.1) is 0 Å².